The van der Waals surface area contributed by atoms with Gasteiger partial charge in [0, 0.05) is 19.6 Å². The van der Waals surface area contributed by atoms with Crippen LogP contribution in [0.1, 0.15) is 18.4 Å². The highest BCUT2D eigenvalue weighted by molar-refractivity contribution is 7.99. The second-order valence-electron chi connectivity index (χ2n) is 5.45. The number of thioether (sulfide) groups is 1. The molecule has 1 aromatic rings. The molecule has 0 saturated carbocycles. The summed E-state index contributed by atoms with van der Waals surface area (Å²) in [6, 6.07) is 10.6. The fraction of sp³-hybridized carbons (Fsp3) is 0.562. The van der Waals surface area contributed by atoms with Gasteiger partial charge in [0.05, 0.1) is 5.75 Å². The largest absolute Gasteiger partial charge is 0.355 e. The van der Waals surface area contributed by atoms with E-state index in [1.54, 1.807) is 11.8 Å². The van der Waals surface area contributed by atoms with Gasteiger partial charge in [-0.1, -0.05) is 30.3 Å². The van der Waals surface area contributed by atoms with E-state index < -0.39 is 0 Å². The van der Waals surface area contributed by atoms with E-state index in [0.29, 0.717) is 5.75 Å². The van der Waals surface area contributed by atoms with E-state index in [-0.39, 0.29) is 5.91 Å². The Morgan fingerprint density at radius 3 is 2.95 bits per heavy atom. The van der Waals surface area contributed by atoms with Crippen LogP contribution in [0.2, 0.25) is 0 Å². The molecule has 3 nitrogen and oxygen atoms in total. The SMILES string of the molecule is CSCC(=O)NCCC1CCN(Cc2ccccc2)C1. The number of amides is 1. The number of likely N-dealkylation sites (tertiary alicyclic amines) is 1. The monoisotopic (exact) mass is 292 g/mol. The van der Waals surface area contributed by atoms with Gasteiger partial charge in [-0.05, 0) is 37.1 Å². The molecule has 0 aliphatic carbocycles. The van der Waals surface area contributed by atoms with E-state index in [2.05, 4.69) is 40.5 Å². The lowest BCUT2D eigenvalue weighted by molar-refractivity contribution is -0.118. The molecule has 2 rings (SSSR count). The molecule has 1 aliphatic heterocycles. The number of rotatable bonds is 7. The Hall–Kier alpha value is -1.00. The van der Waals surface area contributed by atoms with Crippen molar-refractivity contribution in [2.24, 2.45) is 5.92 Å². The molecule has 0 spiro atoms. The van der Waals surface area contributed by atoms with E-state index in [4.69, 9.17) is 0 Å². The number of carbonyl (C=O) groups is 1. The van der Waals surface area contributed by atoms with Gasteiger partial charge in [-0.15, -0.1) is 0 Å². The van der Waals surface area contributed by atoms with Crippen LogP contribution in [0, 0.1) is 5.92 Å². The molecule has 0 bridgehead atoms. The normalized spacial score (nSPS) is 19.1. The summed E-state index contributed by atoms with van der Waals surface area (Å²) in [7, 11) is 0. The molecular weight excluding hydrogens is 268 g/mol. The van der Waals surface area contributed by atoms with Crippen LogP contribution in [0.25, 0.3) is 0 Å². The number of hydrogen-bond donors (Lipinski definition) is 1. The summed E-state index contributed by atoms with van der Waals surface area (Å²) in [5.41, 5.74) is 1.39. The van der Waals surface area contributed by atoms with Crippen LogP contribution in [-0.4, -0.2) is 42.4 Å². The van der Waals surface area contributed by atoms with Crippen molar-refractivity contribution in [1.29, 1.82) is 0 Å². The van der Waals surface area contributed by atoms with Crippen molar-refractivity contribution >= 4 is 17.7 Å². The van der Waals surface area contributed by atoms with Gasteiger partial charge < -0.3 is 5.32 Å². The van der Waals surface area contributed by atoms with Crippen LogP contribution in [0.15, 0.2) is 30.3 Å². The smallest absolute Gasteiger partial charge is 0.229 e. The zero-order valence-corrected chi connectivity index (χ0v) is 13.0. The number of benzene rings is 1. The molecule has 1 amide bonds. The average Bonchev–Trinajstić information content (AvgIpc) is 2.88. The Bertz CT molecular complexity index is 410. The molecule has 1 N–H and O–H groups in total. The molecule has 1 heterocycles. The first-order valence-electron chi connectivity index (χ1n) is 7.30. The minimum atomic E-state index is 0.164. The van der Waals surface area contributed by atoms with Crippen molar-refractivity contribution in [1.82, 2.24) is 10.2 Å². The predicted molar refractivity (Wildman–Crippen MR) is 85.8 cm³/mol. The molecule has 0 aromatic heterocycles. The third-order valence-corrected chi connectivity index (χ3v) is 4.32. The Balaban J connectivity index is 1.64. The Kier molecular flexibility index (Phi) is 6.40. The maximum Gasteiger partial charge on any atom is 0.229 e. The molecule has 1 saturated heterocycles. The van der Waals surface area contributed by atoms with Crippen LogP contribution in [-0.2, 0) is 11.3 Å². The van der Waals surface area contributed by atoms with Gasteiger partial charge in [0.2, 0.25) is 5.91 Å². The Labute approximate surface area is 126 Å². The van der Waals surface area contributed by atoms with Crippen molar-refractivity contribution in [3.8, 4) is 0 Å². The predicted octanol–water partition coefficient (Wildman–Crippen LogP) is 2.38. The summed E-state index contributed by atoms with van der Waals surface area (Å²) in [6.07, 6.45) is 4.31. The number of nitrogens with one attached hydrogen (secondary N) is 1. The van der Waals surface area contributed by atoms with Crippen molar-refractivity contribution < 1.29 is 4.79 Å². The summed E-state index contributed by atoms with van der Waals surface area (Å²) in [5, 5.41) is 3.00. The third-order valence-electron chi connectivity index (χ3n) is 3.77. The van der Waals surface area contributed by atoms with Crippen LogP contribution in [0.5, 0.6) is 0 Å². The van der Waals surface area contributed by atoms with Gasteiger partial charge in [0.25, 0.3) is 0 Å². The lowest BCUT2D eigenvalue weighted by Gasteiger charge is -2.16. The van der Waals surface area contributed by atoms with Gasteiger partial charge in [-0.2, -0.15) is 11.8 Å². The number of nitrogens with zero attached hydrogens (tertiary/aromatic N) is 1. The minimum Gasteiger partial charge on any atom is -0.355 e. The Morgan fingerprint density at radius 1 is 1.40 bits per heavy atom. The molecule has 1 unspecified atom stereocenters. The first-order valence-corrected chi connectivity index (χ1v) is 8.69. The first kappa shape index (κ1) is 15.4. The van der Waals surface area contributed by atoms with Gasteiger partial charge in [0.1, 0.15) is 0 Å². The molecule has 4 heteroatoms. The molecule has 1 fully saturated rings. The zero-order valence-electron chi connectivity index (χ0n) is 12.2. The molecule has 1 aliphatic rings. The zero-order chi connectivity index (χ0) is 14.2. The fourth-order valence-electron chi connectivity index (χ4n) is 2.73. The van der Waals surface area contributed by atoms with Gasteiger partial charge in [0.15, 0.2) is 0 Å². The lowest BCUT2D eigenvalue weighted by Crippen LogP contribution is -2.28. The molecular formula is C16H24N2OS. The second-order valence-corrected chi connectivity index (χ2v) is 6.31. The second kappa shape index (κ2) is 8.32. The van der Waals surface area contributed by atoms with Gasteiger partial charge >= 0.3 is 0 Å². The molecule has 20 heavy (non-hydrogen) atoms. The fourth-order valence-corrected chi connectivity index (χ4v) is 3.10. The number of hydrogen-bond acceptors (Lipinski definition) is 3. The lowest BCUT2D eigenvalue weighted by atomic mass is 10.1. The topological polar surface area (TPSA) is 32.3 Å². The summed E-state index contributed by atoms with van der Waals surface area (Å²) in [5.74, 6) is 1.47. The summed E-state index contributed by atoms with van der Waals surface area (Å²) in [4.78, 5) is 13.9. The summed E-state index contributed by atoms with van der Waals surface area (Å²) >= 11 is 1.57. The Morgan fingerprint density at radius 2 is 2.20 bits per heavy atom. The van der Waals surface area contributed by atoms with Crippen molar-refractivity contribution in [2.75, 3.05) is 31.6 Å². The van der Waals surface area contributed by atoms with Crippen LogP contribution >= 0.6 is 11.8 Å². The first-order chi connectivity index (χ1) is 9.78. The van der Waals surface area contributed by atoms with E-state index in [1.807, 2.05) is 6.26 Å². The van der Waals surface area contributed by atoms with Crippen molar-refractivity contribution in [3.63, 3.8) is 0 Å². The summed E-state index contributed by atoms with van der Waals surface area (Å²) < 4.78 is 0. The van der Waals surface area contributed by atoms with E-state index in [1.165, 1.54) is 18.5 Å². The van der Waals surface area contributed by atoms with Gasteiger partial charge in [-0.25, -0.2) is 0 Å². The maximum atomic E-state index is 11.4. The number of carbonyl (C=O) groups excluding carboxylic acids is 1. The van der Waals surface area contributed by atoms with E-state index in [0.717, 1.165) is 32.0 Å². The summed E-state index contributed by atoms with van der Waals surface area (Å²) in [6.45, 7) is 4.21. The molecule has 1 aromatic carbocycles. The highest BCUT2D eigenvalue weighted by Gasteiger charge is 2.22. The van der Waals surface area contributed by atoms with Crippen LogP contribution < -0.4 is 5.32 Å². The van der Waals surface area contributed by atoms with Crippen molar-refractivity contribution in [2.45, 2.75) is 19.4 Å². The van der Waals surface area contributed by atoms with E-state index in [9.17, 15) is 4.79 Å². The van der Waals surface area contributed by atoms with Crippen LogP contribution in [0.3, 0.4) is 0 Å². The molecule has 0 radical (unpaired) electrons. The van der Waals surface area contributed by atoms with Crippen molar-refractivity contribution in [3.05, 3.63) is 35.9 Å². The minimum absolute atomic E-state index is 0.164. The molecule has 1 atom stereocenters. The quantitative estimate of drug-likeness (QED) is 0.837. The highest BCUT2D eigenvalue weighted by atomic mass is 32.2. The standard InChI is InChI=1S/C16H24N2OS/c1-20-13-16(19)17-9-7-15-8-10-18(12-15)11-14-5-3-2-4-6-14/h2-6,15H,7-13H2,1H3,(H,17,19). The maximum absolute atomic E-state index is 11.4. The van der Waals surface area contributed by atoms with Crippen LogP contribution in [0.4, 0.5) is 0 Å². The molecule has 110 valence electrons. The van der Waals surface area contributed by atoms with E-state index >= 15 is 0 Å². The highest BCUT2D eigenvalue weighted by Crippen LogP contribution is 2.20. The van der Waals surface area contributed by atoms with Gasteiger partial charge in [-0.3, -0.25) is 9.69 Å². The average molecular weight is 292 g/mol. The third kappa shape index (κ3) is 5.17.